The Morgan fingerprint density at radius 3 is 2.30 bits per heavy atom. The summed E-state index contributed by atoms with van der Waals surface area (Å²) in [5.41, 5.74) is 2.46. The molecule has 6 heterocycles. The summed E-state index contributed by atoms with van der Waals surface area (Å²) in [4.78, 5) is 76.8. The third kappa shape index (κ3) is 10.8. The van der Waals surface area contributed by atoms with E-state index in [9.17, 15) is 19.2 Å². The Morgan fingerprint density at radius 1 is 0.857 bits per heavy atom. The highest BCUT2D eigenvalue weighted by atomic mass is 16.2. The van der Waals surface area contributed by atoms with Crippen molar-refractivity contribution in [1.82, 2.24) is 44.9 Å². The Bertz CT molecular complexity index is 2460. The minimum atomic E-state index is -0.356. The summed E-state index contributed by atoms with van der Waals surface area (Å²) >= 11 is 0. The van der Waals surface area contributed by atoms with E-state index in [1.807, 2.05) is 37.3 Å². The van der Waals surface area contributed by atoms with Gasteiger partial charge in [-0.25, -0.2) is 15.0 Å². The van der Waals surface area contributed by atoms with Gasteiger partial charge in [-0.15, -0.1) is 10.2 Å². The van der Waals surface area contributed by atoms with Crippen molar-refractivity contribution >= 4 is 69.4 Å². The molecule has 5 aromatic rings. The molecule has 1 saturated heterocycles. The fraction of sp³-hybridized carbons (Fsp3) is 0.455. The van der Waals surface area contributed by atoms with Gasteiger partial charge in [-0.3, -0.25) is 28.6 Å². The lowest BCUT2D eigenvalue weighted by Gasteiger charge is -2.36. The monoisotopic (exact) mass is 859 g/mol. The molecule has 0 radical (unpaired) electrons. The number of carbonyl (C=O) groups is 3. The molecule has 332 valence electrons. The van der Waals surface area contributed by atoms with Crippen LogP contribution in [0.25, 0.3) is 11.0 Å². The molecule has 19 heteroatoms. The number of amides is 2. The van der Waals surface area contributed by atoms with Crippen LogP contribution in [0.4, 0.5) is 40.7 Å². The molecule has 1 saturated carbocycles. The van der Waals surface area contributed by atoms with E-state index in [2.05, 4.69) is 61.5 Å². The van der Waals surface area contributed by atoms with E-state index >= 15 is 0 Å². The number of nitrogens with one attached hydrogen (secondary N) is 5. The minimum absolute atomic E-state index is 0.00369. The number of ketones is 1. The molecule has 5 aromatic heterocycles. The first-order chi connectivity index (χ1) is 30.5. The standard InChI is InChI=1S/C44H57N15O4/c1-28-33-27-49-44(53-41(33)59(30-10-6-7-11-30)43(63)39(28)29(2)60)52-35-15-13-31(26-48-35)58-24-22-57(23-25-58)21-20-46-38(61)12-8-9-19-47-40-32(14-16-34(45-3)50-40)42(62)51-36-17-18-37(55-54-36)56(4)5/h13-18,26-27,30H,6-12,19-25H2,1-5H3,(H,46,61)(H2,45,47,50)(H,51,54,62)(H,48,49,52,53). The fourth-order valence-electron chi connectivity index (χ4n) is 8.09. The molecule has 7 rings (SSSR count). The van der Waals surface area contributed by atoms with Crippen molar-refractivity contribution in [3.05, 3.63) is 75.8 Å². The highest BCUT2D eigenvalue weighted by molar-refractivity contribution is 6.07. The van der Waals surface area contributed by atoms with Crippen LogP contribution in [-0.2, 0) is 4.79 Å². The highest BCUT2D eigenvalue weighted by Gasteiger charge is 2.26. The normalized spacial score (nSPS) is 14.4. The summed E-state index contributed by atoms with van der Waals surface area (Å²) < 4.78 is 1.71. The van der Waals surface area contributed by atoms with Crippen molar-refractivity contribution in [2.45, 2.75) is 64.8 Å². The molecule has 0 aromatic carbocycles. The Kier molecular flexibility index (Phi) is 14.3. The van der Waals surface area contributed by atoms with E-state index in [1.54, 1.807) is 49.0 Å². The molecule has 1 aliphatic heterocycles. The van der Waals surface area contributed by atoms with Crippen LogP contribution in [0, 0.1) is 6.92 Å². The Morgan fingerprint density at radius 2 is 1.62 bits per heavy atom. The molecule has 5 N–H and O–H groups in total. The number of nitrogens with zero attached hydrogens (tertiary/aromatic N) is 10. The molecule has 19 nitrogen and oxygen atoms in total. The van der Waals surface area contributed by atoms with E-state index in [1.165, 1.54) is 6.92 Å². The van der Waals surface area contributed by atoms with E-state index in [-0.39, 0.29) is 34.8 Å². The number of Topliss-reactive ketones (excluding diaryl/α,β-unsaturated/α-hetero) is 1. The Labute approximate surface area is 366 Å². The number of fused-ring (bicyclic) bond motifs is 1. The topological polar surface area (TPSA) is 220 Å². The molecular weight excluding hydrogens is 803 g/mol. The molecule has 0 bridgehead atoms. The lowest BCUT2D eigenvalue weighted by Crippen LogP contribution is -2.48. The maximum Gasteiger partial charge on any atom is 0.263 e. The highest BCUT2D eigenvalue weighted by Crippen LogP contribution is 2.32. The molecule has 0 atom stereocenters. The smallest absolute Gasteiger partial charge is 0.263 e. The van der Waals surface area contributed by atoms with Crippen LogP contribution in [0.5, 0.6) is 0 Å². The van der Waals surface area contributed by atoms with Gasteiger partial charge in [0.05, 0.1) is 23.0 Å². The SMILES string of the molecule is CNc1ccc(C(=O)Nc2ccc(N(C)C)nn2)c(NCCCCC(=O)NCCN2CCN(c3ccc(Nc4ncc5c(C)c(C(C)=O)c(=O)n(C6CCCC6)c5n4)nc3)CC2)n1. The van der Waals surface area contributed by atoms with Crippen molar-refractivity contribution in [2.75, 3.05) is 98.0 Å². The number of anilines is 7. The predicted octanol–water partition coefficient (Wildman–Crippen LogP) is 4.62. The molecule has 63 heavy (non-hydrogen) atoms. The third-order valence-corrected chi connectivity index (χ3v) is 11.6. The molecular formula is C44H57N15O4. The second-order valence-corrected chi connectivity index (χ2v) is 16.2. The van der Waals surface area contributed by atoms with Crippen LogP contribution < -0.4 is 41.9 Å². The molecule has 1 aliphatic carbocycles. The Hall–Kier alpha value is -6.76. The van der Waals surface area contributed by atoms with E-state index in [4.69, 9.17) is 4.98 Å². The van der Waals surface area contributed by atoms with E-state index in [0.717, 1.165) is 70.5 Å². The van der Waals surface area contributed by atoms with Crippen molar-refractivity contribution in [2.24, 2.45) is 0 Å². The first-order valence-electron chi connectivity index (χ1n) is 21.6. The maximum atomic E-state index is 13.6. The van der Waals surface area contributed by atoms with Crippen LogP contribution in [0.1, 0.15) is 84.2 Å². The zero-order chi connectivity index (χ0) is 44.5. The van der Waals surface area contributed by atoms with Gasteiger partial charge < -0.3 is 36.4 Å². The predicted molar refractivity (Wildman–Crippen MR) is 246 cm³/mol. The number of pyridine rings is 3. The molecule has 2 amide bonds. The average molecular weight is 860 g/mol. The van der Waals surface area contributed by atoms with Crippen molar-refractivity contribution in [3.63, 3.8) is 0 Å². The fourth-order valence-corrected chi connectivity index (χ4v) is 8.09. The van der Waals surface area contributed by atoms with E-state index < -0.39 is 0 Å². The van der Waals surface area contributed by atoms with Gasteiger partial charge in [-0.2, -0.15) is 4.98 Å². The lowest BCUT2D eigenvalue weighted by atomic mass is 10.0. The zero-order valence-electron chi connectivity index (χ0n) is 36.7. The maximum absolute atomic E-state index is 13.6. The summed E-state index contributed by atoms with van der Waals surface area (Å²) in [5, 5.41) is 24.2. The number of aryl methyl sites for hydroxylation is 1. The number of unbranched alkanes of at least 4 members (excludes halogenated alkanes) is 1. The number of hydrogen-bond acceptors (Lipinski definition) is 16. The summed E-state index contributed by atoms with van der Waals surface area (Å²) in [6.45, 7) is 8.48. The van der Waals surface area contributed by atoms with Crippen LogP contribution in [0.3, 0.4) is 0 Å². The van der Waals surface area contributed by atoms with Crippen LogP contribution >= 0.6 is 0 Å². The third-order valence-electron chi connectivity index (χ3n) is 11.6. The van der Waals surface area contributed by atoms with Gasteiger partial charge >= 0.3 is 0 Å². The molecule has 2 aliphatic rings. The quantitative estimate of drug-likeness (QED) is 0.0599. The first kappa shape index (κ1) is 44.3. The van der Waals surface area contributed by atoms with Crippen LogP contribution in [0.15, 0.2) is 53.6 Å². The van der Waals surface area contributed by atoms with Gasteiger partial charge in [0.25, 0.3) is 11.5 Å². The molecule has 0 spiro atoms. The average Bonchev–Trinajstić information content (AvgIpc) is 3.81. The van der Waals surface area contributed by atoms with Gasteiger partial charge in [0.1, 0.15) is 23.1 Å². The van der Waals surface area contributed by atoms with Gasteiger partial charge in [0.2, 0.25) is 11.9 Å². The second-order valence-electron chi connectivity index (χ2n) is 16.2. The summed E-state index contributed by atoms with van der Waals surface area (Å²) in [6, 6.07) is 10.8. The minimum Gasteiger partial charge on any atom is -0.373 e. The largest absolute Gasteiger partial charge is 0.373 e. The van der Waals surface area contributed by atoms with Crippen molar-refractivity contribution in [3.8, 4) is 0 Å². The van der Waals surface area contributed by atoms with Crippen LogP contribution in [0.2, 0.25) is 0 Å². The zero-order valence-corrected chi connectivity index (χ0v) is 36.7. The summed E-state index contributed by atoms with van der Waals surface area (Å²) in [7, 11) is 5.49. The van der Waals surface area contributed by atoms with Gasteiger partial charge in [-0.1, -0.05) is 12.8 Å². The van der Waals surface area contributed by atoms with Gasteiger partial charge in [-0.05, 0) is 81.5 Å². The van der Waals surface area contributed by atoms with Gasteiger partial charge in [0, 0.05) is 91.0 Å². The number of piperazine rings is 1. The summed E-state index contributed by atoms with van der Waals surface area (Å²) in [5.74, 6) is 2.40. The first-order valence-corrected chi connectivity index (χ1v) is 21.6. The van der Waals surface area contributed by atoms with Crippen molar-refractivity contribution < 1.29 is 14.4 Å². The van der Waals surface area contributed by atoms with Gasteiger partial charge in [0.15, 0.2) is 17.4 Å². The number of hydrogen-bond donors (Lipinski definition) is 5. The summed E-state index contributed by atoms with van der Waals surface area (Å²) in [6.07, 6.45) is 9.15. The number of carbonyl (C=O) groups excluding carboxylic acids is 3. The molecule has 2 fully saturated rings. The van der Waals surface area contributed by atoms with Crippen LogP contribution in [-0.4, -0.2) is 124 Å². The van der Waals surface area contributed by atoms with Crippen molar-refractivity contribution in [1.29, 1.82) is 0 Å². The second kappa shape index (κ2) is 20.4. The number of aromatic nitrogens is 7. The lowest BCUT2D eigenvalue weighted by molar-refractivity contribution is -0.121. The Balaban J connectivity index is 0.821. The number of rotatable bonds is 18. The van der Waals surface area contributed by atoms with E-state index in [0.29, 0.717) is 83.1 Å². The molecule has 0 unspecified atom stereocenters.